The summed E-state index contributed by atoms with van der Waals surface area (Å²) in [4.78, 5) is 0.343. The van der Waals surface area contributed by atoms with Crippen LogP contribution in [-0.2, 0) is 10.0 Å². The molecule has 2 unspecified atom stereocenters. The molecule has 118 valence electrons. The molecule has 1 aliphatic rings. The lowest BCUT2D eigenvalue weighted by Gasteiger charge is -2.29. The Kier molecular flexibility index (Phi) is 5.65. The molecule has 0 amide bonds. The van der Waals surface area contributed by atoms with Gasteiger partial charge in [0, 0.05) is 13.1 Å². The first-order valence-corrected chi connectivity index (χ1v) is 9.35. The van der Waals surface area contributed by atoms with Gasteiger partial charge in [-0.3, -0.25) is 0 Å². The van der Waals surface area contributed by atoms with Crippen LogP contribution in [0.5, 0.6) is 0 Å². The van der Waals surface area contributed by atoms with E-state index in [1.165, 1.54) is 25.7 Å². The van der Waals surface area contributed by atoms with Crippen LogP contribution in [0.15, 0.2) is 29.2 Å². The number of rotatable bonds is 6. The van der Waals surface area contributed by atoms with Crippen LogP contribution in [0, 0.1) is 11.8 Å². The second-order valence-corrected chi connectivity index (χ2v) is 7.64. The second-order valence-electron chi connectivity index (χ2n) is 5.90. The fraction of sp³-hybridized carbons (Fsp3) is 0.625. The Balaban J connectivity index is 2.10. The minimum Gasteiger partial charge on any atom is -0.384 e. The van der Waals surface area contributed by atoms with Crippen molar-refractivity contribution in [1.82, 2.24) is 4.72 Å². The van der Waals surface area contributed by atoms with Crippen LogP contribution >= 0.6 is 0 Å². The van der Waals surface area contributed by atoms with Gasteiger partial charge in [0.25, 0.3) is 0 Å². The summed E-state index contributed by atoms with van der Waals surface area (Å²) < 4.78 is 27.0. The lowest BCUT2D eigenvalue weighted by Crippen LogP contribution is -2.27. The zero-order valence-corrected chi connectivity index (χ0v) is 13.7. The Morgan fingerprint density at radius 2 is 1.90 bits per heavy atom. The Hall–Kier alpha value is -1.07. The van der Waals surface area contributed by atoms with Gasteiger partial charge in [0.1, 0.15) is 4.90 Å². The van der Waals surface area contributed by atoms with Crippen molar-refractivity contribution in [3.8, 4) is 0 Å². The molecule has 0 aromatic heterocycles. The predicted molar refractivity (Wildman–Crippen MR) is 86.9 cm³/mol. The van der Waals surface area contributed by atoms with Gasteiger partial charge in [-0.2, -0.15) is 0 Å². The summed E-state index contributed by atoms with van der Waals surface area (Å²) in [6, 6.07) is 7.14. The fourth-order valence-electron chi connectivity index (χ4n) is 3.05. The molecular formula is C16H26N2O2S. The molecule has 0 heterocycles. The Labute approximate surface area is 128 Å². The van der Waals surface area contributed by atoms with E-state index in [1.807, 2.05) is 12.1 Å². The molecule has 2 N–H and O–H groups in total. The van der Waals surface area contributed by atoms with Crippen molar-refractivity contribution in [2.75, 3.05) is 18.4 Å². The molecule has 21 heavy (non-hydrogen) atoms. The van der Waals surface area contributed by atoms with Crippen LogP contribution in [0.25, 0.3) is 0 Å². The van der Waals surface area contributed by atoms with Crippen molar-refractivity contribution in [1.29, 1.82) is 0 Å². The molecule has 2 atom stereocenters. The number of sulfonamides is 1. The van der Waals surface area contributed by atoms with Gasteiger partial charge in [-0.1, -0.05) is 45.2 Å². The van der Waals surface area contributed by atoms with Crippen LogP contribution in [-0.4, -0.2) is 21.5 Å². The Morgan fingerprint density at radius 3 is 2.62 bits per heavy atom. The van der Waals surface area contributed by atoms with E-state index in [4.69, 9.17) is 0 Å². The smallest absolute Gasteiger partial charge is 0.242 e. The first-order chi connectivity index (χ1) is 10.0. The lowest BCUT2D eigenvalue weighted by molar-refractivity contribution is 0.268. The van der Waals surface area contributed by atoms with E-state index >= 15 is 0 Å². The van der Waals surface area contributed by atoms with E-state index in [9.17, 15) is 8.42 Å². The third kappa shape index (κ3) is 4.20. The quantitative estimate of drug-likeness (QED) is 0.848. The normalized spacial score (nSPS) is 23.0. The van der Waals surface area contributed by atoms with Gasteiger partial charge in [-0.15, -0.1) is 0 Å². The van der Waals surface area contributed by atoms with Crippen molar-refractivity contribution in [2.24, 2.45) is 11.8 Å². The molecule has 0 bridgehead atoms. The number of para-hydroxylation sites is 1. The highest BCUT2D eigenvalue weighted by Gasteiger charge is 2.22. The highest BCUT2D eigenvalue weighted by atomic mass is 32.2. The maximum Gasteiger partial charge on any atom is 0.242 e. The highest BCUT2D eigenvalue weighted by Crippen LogP contribution is 2.30. The molecule has 5 heteroatoms. The van der Waals surface area contributed by atoms with Gasteiger partial charge in [0.05, 0.1) is 5.69 Å². The molecule has 1 fully saturated rings. The molecule has 1 saturated carbocycles. The summed E-state index contributed by atoms with van der Waals surface area (Å²) in [6.07, 6.45) is 5.12. The van der Waals surface area contributed by atoms with Crippen LogP contribution < -0.4 is 10.0 Å². The zero-order chi connectivity index (χ0) is 15.3. The van der Waals surface area contributed by atoms with Crippen molar-refractivity contribution in [3.63, 3.8) is 0 Å². The number of benzene rings is 1. The molecule has 2 rings (SSSR count). The van der Waals surface area contributed by atoms with Gasteiger partial charge in [-0.25, -0.2) is 13.1 Å². The summed E-state index contributed by atoms with van der Waals surface area (Å²) >= 11 is 0. The highest BCUT2D eigenvalue weighted by molar-refractivity contribution is 7.89. The van der Waals surface area contributed by atoms with E-state index < -0.39 is 10.0 Å². The minimum absolute atomic E-state index is 0.343. The summed E-state index contributed by atoms with van der Waals surface area (Å²) in [5.41, 5.74) is 0.705. The largest absolute Gasteiger partial charge is 0.384 e. The Bertz CT molecular complexity index is 557. The summed E-state index contributed by atoms with van der Waals surface area (Å²) in [6.45, 7) is 5.33. The average Bonchev–Trinajstić information content (AvgIpc) is 2.47. The molecule has 0 radical (unpaired) electrons. The number of hydrogen-bond donors (Lipinski definition) is 2. The standard InChI is InChI=1S/C16H26N2O2S/c1-3-18-21(19,20)16-11-7-6-10-15(16)17-12-14-9-5-4-8-13(14)2/h6-7,10-11,13-14,17-18H,3-5,8-9,12H2,1-2H3. The molecular weight excluding hydrogens is 284 g/mol. The van der Waals surface area contributed by atoms with E-state index in [0.717, 1.165) is 6.54 Å². The molecule has 0 saturated heterocycles. The van der Waals surface area contributed by atoms with Gasteiger partial charge in [0.15, 0.2) is 0 Å². The Morgan fingerprint density at radius 1 is 1.19 bits per heavy atom. The van der Waals surface area contributed by atoms with E-state index in [2.05, 4.69) is 17.0 Å². The zero-order valence-electron chi connectivity index (χ0n) is 12.9. The maximum atomic E-state index is 12.2. The van der Waals surface area contributed by atoms with Crippen LogP contribution in [0.1, 0.15) is 39.5 Å². The summed E-state index contributed by atoms with van der Waals surface area (Å²) in [7, 11) is -3.42. The van der Waals surface area contributed by atoms with Crippen molar-refractivity contribution in [2.45, 2.75) is 44.4 Å². The topological polar surface area (TPSA) is 58.2 Å². The van der Waals surface area contributed by atoms with Gasteiger partial charge < -0.3 is 5.32 Å². The molecule has 0 spiro atoms. The summed E-state index contributed by atoms with van der Waals surface area (Å²) in [5.74, 6) is 1.34. The fourth-order valence-corrected chi connectivity index (χ4v) is 4.28. The predicted octanol–water partition coefficient (Wildman–Crippen LogP) is 3.22. The van der Waals surface area contributed by atoms with Crippen molar-refractivity contribution < 1.29 is 8.42 Å². The molecule has 1 aromatic rings. The average molecular weight is 310 g/mol. The van der Waals surface area contributed by atoms with Gasteiger partial charge >= 0.3 is 0 Å². The number of anilines is 1. The van der Waals surface area contributed by atoms with E-state index in [-0.39, 0.29) is 0 Å². The molecule has 0 aliphatic heterocycles. The molecule has 1 aromatic carbocycles. The van der Waals surface area contributed by atoms with E-state index in [1.54, 1.807) is 19.1 Å². The first kappa shape index (κ1) is 16.3. The molecule has 4 nitrogen and oxygen atoms in total. The lowest BCUT2D eigenvalue weighted by atomic mass is 9.80. The van der Waals surface area contributed by atoms with Crippen LogP contribution in [0.4, 0.5) is 5.69 Å². The van der Waals surface area contributed by atoms with Gasteiger partial charge in [-0.05, 0) is 30.4 Å². The number of hydrogen-bond acceptors (Lipinski definition) is 3. The maximum absolute atomic E-state index is 12.2. The minimum atomic E-state index is -3.42. The second kappa shape index (κ2) is 7.27. The molecule has 1 aliphatic carbocycles. The van der Waals surface area contributed by atoms with Crippen LogP contribution in [0.2, 0.25) is 0 Å². The first-order valence-electron chi connectivity index (χ1n) is 7.87. The SMILES string of the molecule is CCNS(=O)(=O)c1ccccc1NCC1CCCCC1C. The van der Waals surface area contributed by atoms with E-state index in [0.29, 0.717) is 29.0 Å². The third-order valence-electron chi connectivity index (χ3n) is 4.35. The number of nitrogens with one attached hydrogen (secondary N) is 2. The van der Waals surface area contributed by atoms with Crippen molar-refractivity contribution >= 4 is 15.7 Å². The third-order valence-corrected chi connectivity index (χ3v) is 5.96. The van der Waals surface area contributed by atoms with Crippen molar-refractivity contribution in [3.05, 3.63) is 24.3 Å². The van der Waals surface area contributed by atoms with Crippen LogP contribution in [0.3, 0.4) is 0 Å². The monoisotopic (exact) mass is 310 g/mol. The van der Waals surface area contributed by atoms with Gasteiger partial charge in [0.2, 0.25) is 10.0 Å². The summed E-state index contributed by atoms with van der Waals surface area (Å²) in [5, 5.41) is 3.36.